The second-order valence-electron chi connectivity index (χ2n) is 6.98. The monoisotopic (exact) mass is 360 g/mol. The van der Waals surface area contributed by atoms with Gasteiger partial charge in [-0.25, -0.2) is 4.79 Å². The molecule has 0 aromatic heterocycles. The number of imide groups is 1. The van der Waals surface area contributed by atoms with Gasteiger partial charge in [0.05, 0.1) is 6.04 Å². The standard InChI is InChI=1S/C17H29N3O5/c1-10(2)9-12(18-16(23)15(11(3)4)19(5)6)17(24)25-20-13(21)7-8-14(20)22/h10-12,15H,7-9H2,1-6H3,(H,18,23)/i5D3,16+1,19+1. The highest BCUT2D eigenvalue weighted by atomic mass is 16.7. The zero-order valence-electron chi connectivity index (χ0n) is 18.4. The van der Waals surface area contributed by atoms with E-state index < -0.39 is 42.8 Å². The molecule has 0 spiro atoms. The molecule has 1 N–H and O–H groups in total. The molecule has 2 atom stereocenters. The molecular weight excluding hydrogens is 328 g/mol. The minimum atomic E-state index is -2.49. The molecule has 2 unspecified atom stereocenters. The third-order valence-corrected chi connectivity index (χ3v) is 3.81. The van der Waals surface area contributed by atoms with Crippen LogP contribution in [0.15, 0.2) is 0 Å². The summed E-state index contributed by atoms with van der Waals surface area (Å²) in [6.45, 7) is 4.56. The predicted octanol–water partition coefficient (Wildman–Crippen LogP) is 0.711. The van der Waals surface area contributed by atoms with Gasteiger partial charge in [0, 0.05) is 17.0 Å². The Morgan fingerprint density at radius 2 is 1.80 bits per heavy atom. The van der Waals surface area contributed by atoms with Crippen molar-refractivity contribution in [1.82, 2.24) is 15.3 Å². The molecule has 8 heteroatoms. The van der Waals surface area contributed by atoms with Gasteiger partial charge in [-0.1, -0.05) is 27.7 Å². The molecule has 0 aromatic carbocycles. The molecule has 0 aromatic rings. The maximum atomic E-state index is 12.8. The average Bonchev–Trinajstić information content (AvgIpc) is 2.84. The van der Waals surface area contributed by atoms with E-state index in [1.807, 2.05) is 13.8 Å². The van der Waals surface area contributed by atoms with Crippen LogP contribution in [0.4, 0.5) is 0 Å². The maximum Gasteiger partial charge on any atom is 0.355 e. The van der Waals surface area contributed by atoms with Crippen molar-refractivity contribution < 1.29 is 28.1 Å². The summed E-state index contributed by atoms with van der Waals surface area (Å²) in [5, 5.41) is 2.96. The average molecular weight is 360 g/mol. The predicted molar refractivity (Wildman–Crippen MR) is 90.9 cm³/mol. The zero-order chi connectivity index (χ0) is 21.8. The molecule has 0 aliphatic carbocycles. The normalized spacial score (nSPS) is 19.7. The largest absolute Gasteiger partial charge is 0.355 e. The van der Waals surface area contributed by atoms with E-state index >= 15 is 0 Å². The minimum absolute atomic E-state index is 0.0133. The van der Waals surface area contributed by atoms with Gasteiger partial charge in [0.15, 0.2) is 0 Å². The molecule has 142 valence electrons. The van der Waals surface area contributed by atoms with Crippen LogP contribution in [0.2, 0.25) is 0 Å². The van der Waals surface area contributed by atoms with Crippen molar-refractivity contribution in [2.24, 2.45) is 11.8 Å². The first-order valence-electron chi connectivity index (χ1n) is 9.86. The highest BCUT2D eigenvalue weighted by Gasteiger charge is 2.36. The van der Waals surface area contributed by atoms with E-state index in [1.165, 1.54) is 7.05 Å². The third kappa shape index (κ3) is 5.81. The Labute approximate surface area is 153 Å². The maximum absolute atomic E-state index is 12.8. The summed E-state index contributed by atoms with van der Waals surface area (Å²) in [6.07, 6.45) is 0.126. The van der Waals surface area contributed by atoms with Crippen molar-refractivity contribution >= 4 is 23.7 Å². The van der Waals surface area contributed by atoms with Crippen LogP contribution >= 0.6 is 0 Å². The van der Waals surface area contributed by atoms with Crippen molar-refractivity contribution in [2.75, 3.05) is 14.0 Å². The van der Waals surface area contributed by atoms with Crippen LogP contribution in [0.3, 0.4) is 0 Å². The van der Waals surface area contributed by atoms with E-state index in [2.05, 4.69) is 5.32 Å². The summed E-state index contributed by atoms with van der Waals surface area (Å²) in [4.78, 5) is 54.5. The van der Waals surface area contributed by atoms with Gasteiger partial charge in [-0.05, 0) is 32.3 Å². The summed E-state index contributed by atoms with van der Waals surface area (Å²) in [5.41, 5.74) is 0. The molecule has 0 saturated carbocycles. The highest BCUT2D eigenvalue weighted by Crippen LogP contribution is 2.15. The molecule has 0 bridgehead atoms. The fourth-order valence-electron chi connectivity index (χ4n) is 2.68. The van der Waals surface area contributed by atoms with Crippen LogP contribution in [0.1, 0.15) is 51.1 Å². The van der Waals surface area contributed by atoms with Crippen molar-refractivity contribution in [3.63, 3.8) is 0 Å². The van der Waals surface area contributed by atoms with Crippen LogP contribution in [0.5, 0.6) is 0 Å². The number of likely N-dealkylation sites (N-methyl/N-ethyl adjacent to an activating group) is 1. The smallest absolute Gasteiger partial charge is 0.341 e. The lowest BCUT2D eigenvalue weighted by Gasteiger charge is -2.29. The third-order valence-electron chi connectivity index (χ3n) is 3.81. The summed E-state index contributed by atoms with van der Waals surface area (Å²) >= 11 is 0. The lowest BCUT2D eigenvalue weighted by molar-refractivity contribution is -0.199. The van der Waals surface area contributed by atoms with Crippen molar-refractivity contribution in [2.45, 2.75) is 59.0 Å². The number of hydrogen-bond donors (Lipinski definition) is 1. The highest BCUT2D eigenvalue weighted by molar-refractivity contribution is 6.02. The van der Waals surface area contributed by atoms with Gasteiger partial charge >= 0.3 is 5.97 Å². The van der Waals surface area contributed by atoms with Gasteiger partial charge in [0.2, 0.25) is 5.91 Å². The minimum Gasteiger partial charge on any atom is -0.341 e. The summed E-state index contributed by atoms with van der Waals surface area (Å²) < 4.78 is 22.6. The van der Waals surface area contributed by atoms with E-state index in [4.69, 9.17) is 8.95 Å². The van der Waals surface area contributed by atoms with E-state index in [9.17, 15) is 19.2 Å². The fraction of sp³-hybridized carbons (Fsp3) is 0.765. The van der Waals surface area contributed by atoms with Crippen molar-refractivity contribution in [3.05, 3.63) is 0 Å². The van der Waals surface area contributed by atoms with E-state index in [0.717, 1.165) is 4.90 Å². The lowest BCUT2D eigenvalue weighted by atomic mass is 10.0. The molecule has 1 aliphatic rings. The Kier molecular flexibility index (Phi) is 5.90. The van der Waals surface area contributed by atoms with Crippen LogP contribution in [0, 0.1) is 11.8 Å². The molecule has 1 aliphatic heterocycles. The van der Waals surface area contributed by atoms with Crippen molar-refractivity contribution in [1.29, 1.82) is 0 Å². The number of hydroxylamine groups is 2. The molecule has 3 amide bonds. The zero-order valence-corrected chi connectivity index (χ0v) is 15.4. The van der Waals surface area contributed by atoms with Crippen molar-refractivity contribution in [3.8, 4) is 0 Å². The fourth-order valence-corrected chi connectivity index (χ4v) is 2.68. The van der Waals surface area contributed by atoms with E-state index in [1.54, 1.807) is 13.8 Å². The molecule has 1 saturated heterocycles. The van der Waals surface area contributed by atoms with Gasteiger partial charge in [0.25, 0.3) is 11.8 Å². The first-order chi connectivity index (χ1) is 12.8. The van der Waals surface area contributed by atoms with Crippen LogP contribution in [0.25, 0.3) is 0 Å². The number of hydrogen-bond acceptors (Lipinski definition) is 6. The molecule has 1 fully saturated rings. The van der Waals surface area contributed by atoms with Gasteiger partial charge in [-0.2, -0.15) is 0 Å². The SMILES string of the molecule is [2H]C([2H])([2H])[15N](C)C(C(C)C)[13C](=O)NC(CC(C)C)C(=O)ON1C(=O)CCC1=O. The molecule has 0 radical (unpaired) electrons. The summed E-state index contributed by atoms with van der Waals surface area (Å²) in [5.74, 6) is -3.17. The topological polar surface area (TPSA) is 96.0 Å². The molecular formula is C17H29N3O5. The summed E-state index contributed by atoms with van der Waals surface area (Å²) in [6, 6.07) is -2.13. The second-order valence-corrected chi connectivity index (χ2v) is 6.98. The summed E-state index contributed by atoms with van der Waals surface area (Å²) in [7, 11) is 1.31. The lowest BCUT2D eigenvalue weighted by Crippen LogP contribution is -2.53. The number of rotatable bonds is 8. The quantitative estimate of drug-likeness (QED) is 0.389. The second kappa shape index (κ2) is 8.94. The van der Waals surface area contributed by atoms with Crippen LogP contribution in [-0.4, -0.2) is 59.8 Å². The number of amides is 3. The van der Waals surface area contributed by atoms with Crippen LogP contribution < -0.4 is 5.32 Å². The number of carbonyl (C=O) groups is 4. The Morgan fingerprint density at radius 1 is 1.24 bits per heavy atom. The Morgan fingerprint density at radius 3 is 2.24 bits per heavy atom. The van der Waals surface area contributed by atoms with Crippen LogP contribution in [-0.2, 0) is 24.0 Å². The Hall–Kier alpha value is -1.96. The number of carbonyl (C=O) groups excluding carboxylic acids is 4. The molecule has 1 heterocycles. The Bertz CT molecular complexity index is 606. The van der Waals surface area contributed by atoms with E-state index in [-0.39, 0.29) is 31.1 Å². The number of nitrogens with one attached hydrogen (secondary N) is 1. The molecule has 25 heavy (non-hydrogen) atoms. The van der Waals surface area contributed by atoms with E-state index in [0.29, 0.717) is 5.06 Å². The Balaban J connectivity index is 2.97. The number of nitrogens with zero attached hydrogens (tertiary/aromatic N) is 2. The molecule has 1 rings (SSSR count). The van der Waals surface area contributed by atoms with Gasteiger partial charge in [-0.3, -0.25) is 19.3 Å². The van der Waals surface area contributed by atoms with Gasteiger partial charge in [-0.15, -0.1) is 5.06 Å². The molecule has 8 nitrogen and oxygen atoms in total. The first kappa shape index (κ1) is 16.5. The van der Waals surface area contributed by atoms with Gasteiger partial charge < -0.3 is 10.2 Å². The van der Waals surface area contributed by atoms with Gasteiger partial charge in [0.1, 0.15) is 6.04 Å². The first-order valence-corrected chi connectivity index (χ1v) is 8.36.